The molecule has 0 aliphatic carbocycles. The molecule has 1 rings (SSSR count). The second-order valence-electron chi connectivity index (χ2n) is 3.09. The summed E-state index contributed by atoms with van der Waals surface area (Å²) in [6.07, 6.45) is 4.55. The highest BCUT2D eigenvalue weighted by molar-refractivity contribution is 7.84. The molecule has 0 bridgehead atoms. The zero-order valence-electron chi connectivity index (χ0n) is 8.60. The second-order valence-corrected chi connectivity index (χ2v) is 4.89. The Morgan fingerprint density at radius 2 is 2.33 bits per heavy atom. The predicted molar refractivity (Wildman–Crippen MR) is 58.8 cm³/mol. The molecule has 0 amide bonds. The summed E-state index contributed by atoms with van der Waals surface area (Å²) in [6, 6.07) is 1.89. The minimum atomic E-state index is -0.853. The summed E-state index contributed by atoms with van der Waals surface area (Å²) < 4.78 is 11.1. The van der Waals surface area contributed by atoms with Crippen LogP contribution in [0.5, 0.6) is 0 Å². The summed E-state index contributed by atoms with van der Waals surface area (Å²) in [5.41, 5.74) is 0.285. The van der Waals surface area contributed by atoms with E-state index in [4.69, 9.17) is 5.26 Å². The molecular formula is C9H12N4OS. The number of hydrogen-bond acceptors (Lipinski definition) is 5. The molecule has 0 aromatic carbocycles. The maximum absolute atomic E-state index is 11.1. The largest absolute Gasteiger partial charge is 0.368 e. The van der Waals surface area contributed by atoms with Crippen LogP contribution in [-0.4, -0.2) is 32.2 Å². The van der Waals surface area contributed by atoms with Gasteiger partial charge in [-0.25, -0.2) is 9.97 Å². The Bertz CT molecular complexity index is 384. The molecule has 2 atom stereocenters. The van der Waals surface area contributed by atoms with E-state index < -0.39 is 10.8 Å². The molecule has 80 valence electrons. The standard InChI is InChI=1S/C9H12N4OS/c1-7(15(2)14)4-12-9-6-11-8(3-10)5-13-9/h5-7H,4H2,1-2H3,(H,12,13). The lowest BCUT2D eigenvalue weighted by Gasteiger charge is -2.09. The Morgan fingerprint density at radius 3 is 2.80 bits per heavy atom. The third-order valence-corrected chi connectivity index (χ3v) is 3.20. The maximum atomic E-state index is 11.1. The molecule has 1 heterocycles. The highest BCUT2D eigenvalue weighted by Crippen LogP contribution is 2.01. The Hall–Kier alpha value is -1.48. The molecule has 0 aliphatic rings. The third kappa shape index (κ3) is 3.64. The van der Waals surface area contributed by atoms with E-state index in [9.17, 15) is 4.21 Å². The Labute approximate surface area is 91.0 Å². The van der Waals surface area contributed by atoms with Gasteiger partial charge in [0.2, 0.25) is 0 Å². The number of anilines is 1. The van der Waals surface area contributed by atoms with Gasteiger partial charge in [0.25, 0.3) is 0 Å². The van der Waals surface area contributed by atoms with Crippen molar-refractivity contribution in [3.05, 3.63) is 18.1 Å². The van der Waals surface area contributed by atoms with Crippen molar-refractivity contribution in [3.8, 4) is 6.07 Å². The molecule has 0 radical (unpaired) electrons. The first kappa shape index (κ1) is 11.6. The van der Waals surface area contributed by atoms with E-state index >= 15 is 0 Å². The molecule has 0 spiro atoms. The summed E-state index contributed by atoms with van der Waals surface area (Å²) in [5, 5.41) is 11.6. The van der Waals surface area contributed by atoms with Crippen LogP contribution in [0, 0.1) is 11.3 Å². The number of nitrogens with zero attached hydrogens (tertiary/aromatic N) is 3. The van der Waals surface area contributed by atoms with Gasteiger partial charge in [0.15, 0.2) is 5.69 Å². The first-order chi connectivity index (χ1) is 7.13. The number of nitrogens with one attached hydrogen (secondary N) is 1. The molecule has 1 aromatic heterocycles. The van der Waals surface area contributed by atoms with Crippen molar-refractivity contribution in [2.75, 3.05) is 18.1 Å². The summed E-state index contributed by atoms with van der Waals surface area (Å²) in [6.45, 7) is 2.46. The fourth-order valence-electron chi connectivity index (χ4n) is 0.843. The van der Waals surface area contributed by atoms with Crippen LogP contribution in [0.15, 0.2) is 12.4 Å². The van der Waals surface area contributed by atoms with Gasteiger partial charge in [-0.05, 0) is 6.92 Å². The minimum Gasteiger partial charge on any atom is -0.368 e. The van der Waals surface area contributed by atoms with Crippen LogP contribution in [0.4, 0.5) is 5.82 Å². The molecule has 1 aromatic rings. The van der Waals surface area contributed by atoms with Crippen molar-refractivity contribution in [1.29, 1.82) is 5.26 Å². The first-order valence-electron chi connectivity index (χ1n) is 4.41. The van der Waals surface area contributed by atoms with E-state index in [2.05, 4.69) is 15.3 Å². The van der Waals surface area contributed by atoms with Gasteiger partial charge < -0.3 is 5.32 Å². The monoisotopic (exact) mass is 224 g/mol. The number of aromatic nitrogens is 2. The van der Waals surface area contributed by atoms with E-state index in [1.54, 1.807) is 6.26 Å². The van der Waals surface area contributed by atoms with Crippen LogP contribution in [-0.2, 0) is 10.8 Å². The lowest BCUT2D eigenvalue weighted by Crippen LogP contribution is -2.21. The average Bonchev–Trinajstić information content (AvgIpc) is 2.26. The van der Waals surface area contributed by atoms with Gasteiger partial charge in [0.1, 0.15) is 11.9 Å². The molecule has 15 heavy (non-hydrogen) atoms. The van der Waals surface area contributed by atoms with Crippen molar-refractivity contribution in [2.24, 2.45) is 0 Å². The van der Waals surface area contributed by atoms with E-state index in [0.717, 1.165) is 0 Å². The van der Waals surface area contributed by atoms with Crippen LogP contribution in [0.25, 0.3) is 0 Å². The van der Waals surface area contributed by atoms with Crippen LogP contribution in [0.2, 0.25) is 0 Å². The Morgan fingerprint density at radius 1 is 1.60 bits per heavy atom. The maximum Gasteiger partial charge on any atom is 0.158 e. The number of nitriles is 1. The average molecular weight is 224 g/mol. The van der Waals surface area contributed by atoms with E-state index in [1.165, 1.54) is 12.4 Å². The summed E-state index contributed by atoms with van der Waals surface area (Å²) in [7, 11) is -0.853. The van der Waals surface area contributed by atoms with Crippen molar-refractivity contribution >= 4 is 16.6 Å². The van der Waals surface area contributed by atoms with E-state index in [-0.39, 0.29) is 10.9 Å². The topological polar surface area (TPSA) is 78.7 Å². The van der Waals surface area contributed by atoms with Crippen molar-refractivity contribution in [1.82, 2.24) is 9.97 Å². The quantitative estimate of drug-likeness (QED) is 0.807. The highest BCUT2D eigenvalue weighted by Gasteiger charge is 2.05. The number of hydrogen-bond donors (Lipinski definition) is 1. The second kappa shape index (κ2) is 5.41. The molecule has 0 aliphatic heterocycles. The van der Waals surface area contributed by atoms with E-state index in [1.807, 2.05) is 13.0 Å². The normalized spacial score (nSPS) is 13.9. The lowest BCUT2D eigenvalue weighted by atomic mass is 10.4. The SMILES string of the molecule is CC(CNc1cnc(C#N)cn1)S(C)=O. The molecule has 1 N–H and O–H groups in total. The molecular weight excluding hydrogens is 212 g/mol. The van der Waals surface area contributed by atoms with Crippen LogP contribution < -0.4 is 5.32 Å². The first-order valence-corrected chi connectivity index (χ1v) is 6.04. The van der Waals surface area contributed by atoms with E-state index in [0.29, 0.717) is 12.4 Å². The molecule has 0 saturated heterocycles. The third-order valence-electron chi connectivity index (χ3n) is 1.90. The zero-order chi connectivity index (χ0) is 11.3. The van der Waals surface area contributed by atoms with Gasteiger partial charge in [-0.3, -0.25) is 4.21 Å². The highest BCUT2D eigenvalue weighted by atomic mass is 32.2. The molecule has 2 unspecified atom stereocenters. The predicted octanol–water partition coefficient (Wildman–Crippen LogP) is 0.527. The van der Waals surface area contributed by atoms with Gasteiger partial charge in [0.05, 0.1) is 12.4 Å². The van der Waals surface area contributed by atoms with Crippen LogP contribution in [0.1, 0.15) is 12.6 Å². The summed E-state index contributed by atoms with van der Waals surface area (Å²) >= 11 is 0. The van der Waals surface area contributed by atoms with Gasteiger partial charge >= 0.3 is 0 Å². The fourth-order valence-corrected chi connectivity index (χ4v) is 1.16. The minimum absolute atomic E-state index is 0.0578. The van der Waals surface area contributed by atoms with Gasteiger partial charge in [-0.1, -0.05) is 0 Å². The molecule has 6 heteroatoms. The van der Waals surface area contributed by atoms with Crippen LogP contribution >= 0.6 is 0 Å². The molecule has 5 nitrogen and oxygen atoms in total. The lowest BCUT2D eigenvalue weighted by molar-refractivity contribution is 0.678. The van der Waals surface area contributed by atoms with Crippen LogP contribution in [0.3, 0.4) is 0 Å². The summed E-state index contributed by atoms with van der Waals surface area (Å²) in [4.78, 5) is 7.84. The smallest absolute Gasteiger partial charge is 0.158 e. The molecule has 0 fully saturated rings. The van der Waals surface area contributed by atoms with Crippen molar-refractivity contribution < 1.29 is 4.21 Å². The van der Waals surface area contributed by atoms with Crippen molar-refractivity contribution in [2.45, 2.75) is 12.2 Å². The summed E-state index contributed by atoms with van der Waals surface area (Å²) in [5.74, 6) is 0.589. The Kier molecular flexibility index (Phi) is 4.18. The van der Waals surface area contributed by atoms with Crippen molar-refractivity contribution in [3.63, 3.8) is 0 Å². The Balaban J connectivity index is 2.52. The fraction of sp³-hybridized carbons (Fsp3) is 0.444. The number of rotatable bonds is 4. The molecule has 0 saturated carbocycles. The zero-order valence-corrected chi connectivity index (χ0v) is 9.41. The van der Waals surface area contributed by atoms with Gasteiger partial charge in [-0.2, -0.15) is 5.26 Å². The van der Waals surface area contributed by atoms with Gasteiger partial charge in [-0.15, -0.1) is 0 Å². The van der Waals surface area contributed by atoms with Gasteiger partial charge in [0, 0.05) is 28.9 Å².